The van der Waals surface area contributed by atoms with Crippen molar-refractivity contribution in [1.29, 1.82) is 0 Å². The highest BCUT2D eigenvalue weighted by Crippen LogP contribution is 2.46. The Kier molecular flexibility index (Phi) is 16.7. The molecule has 0 bridgehead atoms. The first-order valence-corrected chi connectivity index (χ1v) is 42.8. The quantitative estimate of drug-likeness (QED) is 0.127. The smallest absolute Gasteiger partial charge is 0.216 e. The third-order valence-corrected chi connectivity index (χ3v) is 25.5. The number of aryl methyl sites for hydroxylation is 12. The Balaban J connectivity index is 0.000000107. The summed E-state index contributed by atoms with van der Waals surface area (Å²) in [5, 5.41) is 28.1. The number of benzene rings is 16. The van der Waals surface area contributed by atoms with Gasteiger partial charge in [0.25, 0.3) is 0 Å². The average Bonchev–Trinajstić information content (AvgIpc) is 1.60. The zero-order chi connectivity index (χ0) is 92.5. The first kappa shape index (κ1) is 69.0. The van der Waals surface area contributed by atoms with Crippen molar-refractivity contribution in [1.82, 2.24) is 0 Å². The molecule has 8 aromatic heterocycles. The normalized spacial score (nSPS) is 13.3. The molecule has 8 nitrogen and oxygen atoms in total. The number of aromatic nitrogens is 4. The van der Waals surface area contributed by atoms with Crippen molar-refractivity contribution in [3.05, 3.63) is 360 Å². The standard InChI is InChI=1S/C32H30NO.C29H24NO.2C28H22NO/c1-20-10-13-25-27-17-23-12-11-22-8-6-7-9-24(22)26(23)18-29(27)34-31(25)30(20)28-16-21(14-15-33(28)5)19-32(2,3)4;1-17-9-12-23-25-14-21-11-10-20-7-5-6-8-22(20)24(21)15-27(25)31-29(23)28(17)26-13-18(2)19(3)16-30(26)4;1-17-8-13-25(29(3)16-17)27-18(2)9-12-22-24-14-20-11-10-19-6-4-5-7-21(19)23(20)15-26(24)30-28(22)27;1-17-12-13-29(3)25(14-17)27-18(2)8-11-22-24-15-20-10-9-19-6-4-5-7-21(19)23(20)16-26(24)30-28(22)27/h6-18H,19H2,1-5H3;5-16H,1-4H3;2*4-16H,1-3H3/q4*+1/i19D2;3D3;1D3;. The molecule has 0 aliphatic rings. The maximum absolute atomic E-state index is 8.84. The maximum Gasteiger partial charge on any atom is 0.216 e. The molecule has 8 heteroatoms. The van der Waals surface area contributed by atoms with Crippen LogP contribution in [0.3, 0.4) is 0 Å². The van der Waals surface area contributed by atoms with Crippen LogP contribution in [0.4, 0.5) is 0 Å². The Hall–Kier alpha value is -14.6. The highest BCUT2D eigenvalue weighted by atomic mass is 16.3. The average molecular weight is 1630 g/mol. The third kappa shape index (κ3) is 13.5. The lowest BCUT2D eigenvalue weighted by Gasteiger charge is -2.18. The van der Waals surface area contributed by atoms with E-state index < -0.39 is 25.5 Å². The number of hydrogen-bond donors (Lipinski definition) is 0. The van der Waals surface area contributed by atoms with Gasteiger partial charge >= 0.3 is 0 Å². The lowest BCUT2D eigenvalue weighted by molar-refractivity contribution is -0.660. The number of furan rings is 4. The molecule has 125 heavy (non-hydrogen) atoms. The fraction of sp³-hybridized carbons (Fsp3) is 0.145. The molecule has 24 aromatic rings. The van der Waals surface area contributed by atoms with E-state index in [0.717, 1.165) is 133 Å². The van der Waals surface area contributed by atoms with Gasteiger partial charge < -0.3 is 17.7 Å². The minimum absolute atomic E-state index is 0.321. The summed E-state index contributed by atoms with van der Waals surface area (Å²) in [6, 6.07) is 99.7. The van der Waals surface area contributed by atoms with Crippen LogP contribution in [-0.2, 0) is 34.6 Å². The molecular weight excluding hydrogens is 1530 g/mol. The molecule has 0 fully saturated rings. The van der Waals surface area contributed by atoms with Crippen LogP contribution >= 0.6 is 0 Å². The lowest BCUT2D eigenvalue weighted by atomic mass is 9.88. The van der Waals surface area contributed by atoms with E-state index >= 15 is 0 Å². The van der Waals surface area contributed by atoms with E-state index in [1.54, 1.807) is 18.5 Å². The van der Waals surface area contributed by atoms with Crippen molar-refractivity contribution < 1.29 is 46.9 Å². The lowest BCUT2D eigenvalue weighted by Crippen LogP contribution is -2.31. The van der Waals surface area contributed by atoms with Crippen LogP contribution in [0, 0.1) is 60.7 Å². The van der Waals surface area contributed by atoms with Crippen LogP contribution in [0.15, 0.2) is 328 Å². The van der Waals surface area contributed by atoms with Gasteiger partial charge in [-0.15, -0.1) is 0 Å². The van der Waals surface area contributed by atoms with E-state index in [9.17, 15) is 0 Å². The summed E-state index contributed by atoms with van der Waals surface area (Å²) in [6.45, 7) is 13.9. The molecule has 0 radical (unpaired) electrons. The van der Waals surface area contributed by atoms with Gasteiger partial charge in [0.2, 0.25) is 22.8 Å². The molecular formula is C117H98N4O4+4. The molecule has 8 heterocycles. The number of fused-ring (bicyclic) bond motifs is 24. The molecule has 0 aliphatic carbocycles. The Morgan fingerprint density at radius 3 is 0.952 bits per heavy atom. The minimum Gasteiger partial charge on any atom is -0.455 e. The van der Waals surface area contributed by atoms with E-state index in [0.29, 0.717) is 16.7 Å². The Bertz CT molecular complexity index is 9030. The van der Waals surface area contributed by atoms with Crippen molar-refractivity contribution >= 4 is 174 Å². The van der Waals surface area contributed by atoms with Gasteiger partial charge in [-0.1, -0.05) is 215 Å². The summed E-state index contributed by atoms with van der Waals surface area (Å²) in [7, 11) is 7.88. The largest absolute Gasteiger partial charge is 0.455 e. The number of rotatable bonds is 5. The minimum atomic E-state index is -2.15. The van der Waals surface area contributed by atoms with Crippen LogP contribution in [0.5, 0.6) is 0 Å². The monoisotopic (exact) mass is 1630 g/mol. The van der Waals surface area contributed by atoms with E-state index in [1.807, 2.05) is 88.4 Å². The molecule has 0 N–H and O–H groups in total. The predicted molar refractivity (Wildman–Crippen MR) is 522 cm³/mol. The Morgan fingerprint density at radius 2 is 0.592 bits per heavy atom. The zero-order valence-corrected chi connectivity index (χ0v) is 72.4. The molecule has 0 saturated heterocycles. The molecule has 0 aliphatic heterocycles. The van der Waals surface area contributed by atoms with E-state index in [4.69, 9.17) is 28.6 Å². The molecule has 0 atom stereocenters. The van der Waals surface area contributed by atoms with E-state index in [1.165, 1.54) is 119 Å². The van der Waals surface area contributed by atoms with Gasteiger partial charge in [0, 0.05) is 102 Å². The van der Waals surface area contributed by atoms with Gasteiger partial charge in [-0.3, -0.25) is 0 Å². The van der Waals surface area contributed by atoms with Crippen LogP contribution in [0.1, 0.15) is 81.8 Å². The third-order valence-electron chi connectivity index (χ3n) is 25.5. The number of pyridine rings is 4. The molecule has 16 aromatic carbocycles. The second-order valence-electron chi connectivity index (χ2n) is 35.1. The van der Waals surface area contributed by atoms with Gasteiger partial charge in [-0.05, 0) is 247 Å². The summed E-state index contributed by atoms with van der Waals surface area (Å²) in [5.74, 6) is 0. The summed E-state index contributed by atoms with van der Waals surface area (Å²) >= 11 is 0. The van der Waals surface area contributed by atoms with Crippen molar-refractivity contribution in [2.24, 2.45) is 33.6 Å². The van der Waals surface area contributed by atoms with Crippen molar-refractivity contribution in [3.63, 3.8) is 0 Å². The van der Waals surface area contributed by atoms with Crippen LogP contribution < -0.4 is 18.3 Å². The second-order valence-corrected chi connectivity index (χ2v) is 35.1. The fourth-order valence-electron chi connectivity index (χ4n) is 19.1. The summed E-state index contributed by atoms with van der Waals surface area (Å²) in [5.41, 5.74) is 22.4. The molecule has 0 saturated carbocycles. The van der Waals surface area contributed by atoms with Crippen LogP contribution in [0.2, 0.25) is 0 Å². The first-order chi connectivity index (χ1) is 63.7. The topological polar surface area (TPSA) is 68.1 Å². The zero-order valence-electron chi connectivity index (χ0n) is 80.4. The van der Waals surface area contributed by atoms with E-state index in [2.05, 4.69) is 312 Å². The number of hydrogen-bond acceptors (Lipinski definition) is 4. The Labute approximate surface area is 737 Å². The highest BCUT2D eigenvalue weighted by Gasteiger charge is 2.28. The SMILES string of the molecule is Cc1cc[n+](C)c(-c2c(C)ccc3c2oc2cc4c(ccc5ccccc54)cc23)c1.[2H]C([2H])([2H])c1c[n+](C)c(-c2c(C)ccc3c2oc2cc4c(ccc5ccccc54)cc23)cc1C.[2H]C([2H])([2H])c1ccc(-c2c(C)ccc3c2oc2cc4c(ccc5ccccc54)cc23)[n+](C)c1.[2H]C([2H])(c1cc[n+](C)c(-c2c(C)ccc3c2oc2cc4c(ccc5ccccc54)cc23)c1)C(C)(C)C. The fourth-order valence-corrected chi connectivity index (χ4v) is 19.1. The summed E-state index contributed by atoms with van der Waals surface area (Å²) in [4.78, 5) is 0. The van der Waals surface area contributed by atoms with Crippen LogP contribution in [0.25, 0.3) is 219 Å². The van der Waals surface area contributed by atoms with Crippen LogP contribution in [-0.4, -0.2) is 0 Å². The molecule has 606 valence electrons. The summed E-state index contributed by atoms with van der Waals surface area (Å²) < 4.78 is 98.6. The first-order valence-electron chi connectivity index (χ1n) is 46.8. The van der Waals surface area contributed by atoms with Crippen molar-refractivity contribution in [2.45, 2.75) is 82.4 Å². The van der Waals surface area contributed by atoms with Gasteiger partial charge in [-0.2, -0.15) is 0 Å². The second kappa shape index (κ2) is 30.2. The van der Waals surface area contributed by atoms with Gasteiger partial charge in [0.05, 0.1) is 22.3 Å². The highest BCUT2D eigenvalue weighted by molar-refractivity contribution is 6.22. The van der Waals surface area contributed by atoms with Gasteiger partial charge in [-0.25, -0.2) is 18.3 Å². The molecule has 24 rings (SSSR count). The van der Waals surface area contributed by atoms with Crippen molar-refractivity contribution in [3.8, 4) is 45.0 Å². The molecule has 0 unspecified atom stereocenters. The van der Waals surface area contributed by atoms with Crippen molar-refractivity contribution in [2.75, 3.05) is 0 Å². The van der Waals surface area contributed by atoms with Gasteiger partial charge in [0.1, 0.15) is 72.9 Å². The van der Waals surface area contributed by atoms with E-state index in [-0.39, 0.29) is 0 Å². The number of nitrogens with zero attached hydrogens (tertiary/aromatic N) is 4. The van der Waals surface area contributed by atoms with Gasteiger partial charge in [0.15, 0.2) is 24.8 Å². The Morgan fingerprint density at radius 1 is 0.256 bits per heavy atom. The summed E-state index contributed by atoms with van der Waals surface area (Å²) in [6.07, 6.45) is 5.99. The molecule has 0 spiro atoms. The molecule has 0 amide bonds. The maximum atomic E-state index is 8.84. The predicted octanol–water partition coefficient (Wildman–Crippen LogP) is 29.6.